The summed E-state index contributed by atoms with van der Waals surface area (Å²) in [7, 11) is 0. The molecule has 1 fully saturated rings. The highest BCUT2D eigenvalue weighted by atomic mass is 35.5. The summed E-state index contributed by atoms with van der Waals surface area (Å²) < 4.78 is 1.95. The fourth-order valence-electron chi connectivity index (χ4n) is 3.83. The Bertz CT molecular complexity index is 960. The number of rotatable bonds is 9. The Labute approximate surface area is 203 Å². The molecule has 0 radical (unpaired) electrons. The van der Waals surface area contributed by atoms with E-state index in [-0.39, 0.29) is 29.5 Å². The van der Waals surface area contributed by atoms with Gasteiger partial charge in [-0.25, -0.2) is 0 Å². The molecule has 2 aromatic rings. The van der Waals surface area contributed by atoms with Crippen LogP contribution in [-0.4, -0.2) is 38.4 Å². The van der Waals surface area contributed by atoms with E-state index in [4.69, 9.17) is 23.2 Å². The van der Waals surface area contributed by atoms with Gasteiger partial charge in [0.15, 0.2) is 11.0 Å². The third-order valence-electron chi connectivity index (χ3n) is 5.52. The number of aromatic nitrogens is 3. The lowest BCUT2D eigenvalue weighted by atomic mass is 10.0. The monoisotopic (exact) mass is 497 g/mol. The van der Waals surface area contributed by atoms with Crippen molar-refractivity contribution in [1.29, 1.82) is 0 Å². The zero-order valence-electron chi connectivity index (χ0n) is 18.5. The molecule has 1 saturated carbocycles. The molecule has 1 aromatic heterocycles. The molecular weight excluding hydrogens is 469 g/mol. The maximum atomic E-state index is 12.9. The average Bonchev–Trinajstić information content (AvgIpc) is 3.39. The number of thioether (sulfide) groups is 1. The number of nitrogens with zero attached hydrogens (tertiary/aromatic N) is 3. The summed E-state index contributed by atoms with van der Waals surface area (Å²) >= 11 is 13.5. The first kappa shape index (κ1) is 24.9. The van der Waals surface area contributed by atoms with Crippen molar-refractivity contribution in [1.82, 2.24) is 25.4 Å². The lowest BCUT2D eigenvalue weighted by Crippen LogP contribution is -2.34. The number of hydrogen-bond donors (Lipinski definition) is 2. The molecule has 32 heavy (non-hydrogen) atoms. The van der Waals surface area contributed by atoms with Crippen LogP contribution in [0.3, 0.4) is 0 Å². The number of benzene rings is 1. The highest BCUT2D eigenvalue weighted by Crippen LogP contribution is 2.27. The minimum Gasteiger partial charge on any atom is -0.353 e. The van der Waals surface area contributed by atoms with Gasteiger partial charge in [0.1, 0.15) is 0 Å². The molecule has 2 amide bonds. The Morgan fingerprint density at radius 2 is 1.94 bits per heavy atom. The summed E-state index contributed by atoms with van der Waals surface area (Å²) in [6.45, 7) is 6.62. The molecular formula is C22H29Cl2N5O2S. The van der Waals surface area contributed by atoms with Gasteiger partial charge in [0.2, 0.25) is 5.91 Å². The lowest BCUT2D eigenvalue weighted by Gasteiger charge is -2.23. The quantitative estimate of drug-likeness (QED) is 0.481. The van der Waals surface area contributed by atoms with E-state index in [1.54, 1.807) is 18.2 Å². The molecule has 1 aromatic carbocycles. The second kappa shape index (κ2) is 11.4. The van der Waals surface area contributed by atoms with E-state index in [1.165, 1.54) is 24.6 Å². The van der Waals surface area contributed by atoms with Crippen LogP contribution < -0.4 is 10.6 Å². The van der Waals surface area contributed by atoms with E-state index in [0.717, 1.165) is 12.8 Å². The summed E-state index contributed by atoms with van der Waals surface area (Å²) in [5.41, 5.74) is 0.350. The van der Waals surface area contributed by atoms with E-state index in [2.05, 4.69) is 20.8 Å². The summed E-state index contributed by atoms with van der Waals surface area (Å²) in [4.78, 5) is 25.2. The minimum atomic E-state index is -0.372. The average molecular weight is 498 g/mol. The van der Waals surface area contributed by atoms with Gasteiger partial charge in [0, 0.05) is 17.6 Å². The first-order valence-corrected chi connectivity index (χ1v) is 12.7. The maximum absolute atomic E-state index is 12.9. The van der Waals surface area contributed by atoms with Gasteiger partial charge in [-0.05, 0) is 43.9 Å². The Kier molecular flexibility index (Phi) is 8.85. The lowest BCUT2D eigenvalue weighted by molar-refractivity contribution is -0.119. The fraction of sp³-hybridized carbons (Fsp3) is 0.545. The highest BCUT2D eigenvalue weighted by molar-refractivity contribution is 7.99. The highest BCUT2D eigenvalue weighted by Gasteiger charge is 2.27. The van der Waals surface area contributed by atoms with Gasteiger partial charge >= 0.3 is 0 Å². The van der Waals surface area contributed by atoms with Crippen molar-refractivity contribution in [2.75, 3.05) is 5.75 Å². The van der Waals surface area contributed by atoms with Crippen LogP contribution in [0.25, 0.3) is 0 Å². The zero-order valence-corrected chi connectivity index (χ0v) is 20.9. The zero-order chi connectivity index (χ0) is 23.3. The largest absolute Gasteiger partial charge is 0.353 e. The molecule has 3 rings (SSSR count). The van der Waals surface area contributed by atoms with Crippen molar-refractivity contribution in [3.63, 3.8) is 0 Å². The molecule has 0 spiro atoms. The standard InChI is InChI=1S/C22H29Cl2N5O2S/c1-4-29-20(27-28-22(29)32-12-18(30)25-15-7-5-6-8-15)19(13(2)3)26-21(31)16-10-9-14(23)11-17(16)24/h9-11,13,15,19H,4-8,12H2,1-3H3,(H,25,30)(H,26,31). The molecule has 1 unspecified atom stereocenters. The van der Waals surface area contributed by atoms with E-state index in [0.29, 0.717) is 39.2 Å². The number of hydrogen-bond acceptors (Lipinski definition) is 5. The topological polar surface area (TPSA) is 88.9 Å². The third kappa shape index (κ3) is 6.17. The Morgan fingerprint density at radius 1 is 1.22 bits per heavy atom. The van der Waals surface area contributed by atoms with Crippen LogP contribution in [0.5, 0.6) is 0 Å². The van der Waals surface area contributed by atoms with Gasteiger partial charge in [0.25, 0.3) is 5.91 Å². The van der Waals surface area contributed by atoms with E-state index in [1.807, 2.05) is 25.3 Å². The molecule has 7 nitrogen and oxygen atoms in total. The molecule has 1 aliphatic carbocycles. The van der Waals surface area contributed by atoms with Crippen molar-refractivity contribution >= 4 is 46.8 Å². The van der Waals surface area contributed by atoms with Crippen LogP contribution in [0, 0.1) is 5.92 Å². The molecule has 0 bridgehead atoms. The molecule has 0 aliphatic heterocycles. The van der Waals surface area contributed by atoms with Crippen LogP contribution in [0.4, 0.5) is 0 Å². The van der Waals surface area contributed by atoms with Gasteiger partial charge < -0.3 is 15.2 Å². The van der Waals surface area contributed by atoms with E-state index < -0.39 is 0 Å². The van der Waals surface area contributed by atoms with Gasteiger partial charge in [-0.2, -0.15) is 0 Å². The second-order valence-corrected chi connectivity index (χ2v) is 10.0. The summed E-state index contributed by atoms with van der Waals surface area (Å²) in [6.07, 6.45) is 4.46. The number of nitrogens with one attached hydrogen (secondary N) is 2. The van der Waals surface area contributed by atoms with E-state index in [9.17, 15) is 9.59 Å². The van der Waals surface area contributed by atoms with Crippen molar-refractivity contribution in [3.8, 4) is 0 Å². The van der Waals surface area contributed by atoms with Crippen molar-refractivity contribution < 1.29 is 9.59 Å². The van der Waals surface area contributed by atoms with Crippen molar-refractivity contribution in [3.05, 3.63) is 39.6 Å². The third-order valence-corrected chi connectivity index (χ3v) is 7.04. The summed E-state index contributed by atoms with van der Waals surface area (Å²) in [5.74, 6) is 0.706. The first-order valence-electron chi connectivity index (χ1n) is 10.9. The predicted octanol–water partition coefficient (Wildman–Crippen LogP) is 4.88. The summed E-state index contributed by atoms with van der Waals surface area (Å²) in [5, 5.41) is 16.2. The van der Waals surface area contributed by atoms with E-state index >= 15 is 0 Å². The minimum absolute atomic E-state index is 0.0141. The van der Waals surface area contributed by atoms with Gasteiger partial charge in [-0.15, -0.1) is 10.2 Å². The number of carbonyl (C=O) groups is 2. The molecule has 0 saturated heterocycles. The SMILES string of the molecule is CCn1c(SCC(=O)NC2CCCC2)nnc1C(NC(=O)c1ccc(Cl)cc1Cl)C(C)C. The molecule has 174 valence electrons. The fourth-order valence-corrected chi connectivity index (χ4v) is 5.14. The smallest absolute Gasteiger partial charge is 0.253 e. The normalized spacial score (nSPS) is 15.2. The van der Waals surface area contributed by atoms with Gasteiger partial charge in [-0.1, -0.05) is 61.7 Å². The van der Waals surface area contributed by atoms with Crippen LogP contribution >= 0.6 is 35.0 Å². The Morgan fingerprint density at radius 3 is 2.56 bits per heavy atom. The molecule has 1 heterocycles. The number of carbonyl (C=O) groups excluding carboxylic acids is 2. The summed E-state index contributed by atoms with van der Waals surface area (Å²) in [6, 6.07) is 4.70. The number of halogens is 2. The van der Waals surface area contributed by atoms with Crippen LogP contribution in [-0.2, 0) is 11.3 Å². The van der Waals surface area contributed by atoms with Crippen LogP contribution in [0.1, 0.15) is 68.7 Å². The van der Waals surface area contributed by atoms with Crippen molar-refractivity contribution in [2.24, 2.45) is 5.92 Å². The maximum Gasteiger partial charge on any atom is 0.253 e. The van der Waals surface area contributed by atoms with Crippen LogP contribution in [0.2, 0.25) is 10.0 Å². The molecule has 10 heteroatoms. The Balaban J connectivity index is 1.71. The van der Waals surface area contributed by atoms with Gasteiger partial charge in [0.05, 0.1) is 22.4 Å². The predicted molar refractivity (Wildman–Crippen MR) is 128 cm³/mol. The van der Waals surface area contributed by atoms with Crippen molar-refractivity contribution in [2.45, 2.75) is 70.2 Å². The molecule has 2 N–H and O–H groups in total. The molecule has 1 atom stereocenters. The first-order chi connectivity index (χ1) is 15.3. The molecule has 1 aliphatic rings. The van der Waals surface area contributed by atoms with Gasteiger partial charge in [-0.3, -0.25) is 9.59 Å². The number of amides is 2. The van der Waals surface area contributed by atoms with Crippen LogP contribution in [0.15, 0.2) is 23.4 Å². The second-order valence-electron chi connectivity index (χ2n) is 8.24. The Hall–Kier alpha value is -1.77.